The highest BCUT2D eigenvalue weighted by Crippen LogP contribution is 2.27. The van der Waals surface area contributed by atoms with Crippen molar-refractivity contribution < 1.29 is 9.59 Å². The summed E-state index contributed by atoms with van der Waals surface area (Å²) >= 11 is 0. The third-order valence-electron chi connectivity index (χ3n) is 5.11. The molecule has 0 saturated carbocycles. The quantitative estimate of drug-likeness (QED) is 0.679. The third-order valence-corrected chi connectivity index (χ3v) is 5.11. The first kappa shape index (κ1) is 16.5. The monoisotopic (exact) mass is 347 g/mol. The van der Waals surface area contributed by atoms with Crippen LogP contribution in [0.25, 0.3) is 10.8 Å². The van der Waals surface area contributed by atoms with Crippen molar-refractivity contribution in [1.82, 2.24) is 14.7 Å². The molecule has 0 N–H and O–H groups in total. The Labute approximate surface area is 152 Å². The Bertz CT molecular complexity index is 971. The number of rotatable bonds is 4. The molecule has 0 spiro atoms. The Morgan fingerprint density at radius 2 is 1.96 bits per heavy atom. The van der Waals surface area contributed by atoms with Crippen molar-refractivity contribution >= 4 is 22.5 Å². The molecule has 2 heterocycles. The fourth-order valence-corrected chi connectivity index (χ4v) is 3.78. The van der Waals surface area contributed by atoms with Gasteiger partial charge in [0.1, 0.15) is 0 Å². The molecule has 1 fully saturated rings. The lowest BCUT2D eigenvalue weighted by Gasteiger charge is -2.25. The summed E-state index contributed by atoms with van der Waals surface area (Å²) in [7, 11) is 1.79. The van der Waals surface area contributed by atoms with Gasteiger partial charge in [0.2, 0.25) is 0 Å². The summed E-state index contributed by atoms with van der Waals surface area (Å²) in [6.45, 7) is 0.701. The molecule has 0 bridgehead atoms. The van der Waals surface area contributed by atoms with Crippen LogP contribution < -0.4 is 0 Å². The smallest absolute Gasteiger partial charge is 0.254 e. The number of ketones is 1. The molecule has 5 heteroatoms. The minimum atomic E-state index is -0.0471. The molecule has 0 aliphatic carbocycles. The minimum absolute atomic E-state index is 0.0169. The van der Waals surface area contributed by atoms with Gasteiger partial charge in [-0.2, -0.15) is 5.10 Å². The number of hydrogen-bond donors (Lipinski definition) is 0. The van der Waals surface area contributed by atoms with E-state index in [0.717, 1.165) is 23.6 Å². The second-order valence-electron chi connectivity index (χ2n) is 6.85. The molecular weight excluding hydrogens is 326 g/mol. The highest BCUT2D eigenvalue weighted by Gasteiger charge is 2.32. The number of Topliss-reactive ketones (excluding diaryl/α,β-unsaturated/α-hetero) is 1. The summed E-state index contributed by atoms with van der Waals surface area (Å²) in [5.41, 5.74) is 1.32. The highest BCUT2D eigenvalue weighted by molar-refractivity contribution is 6.07. The van der Waals surface area contributed by atoms with E-state index in [-0.39, 0.29) is 17.7 Å². The van der Waals surface area contributed by atoms with Crippen LogP contribution in [0, 0.1) is 0 Å². The number of carbonyl (C=O) groups excluding carboxylic acids is 2. The largest absolute Gasteiger partial charge is 0.335 e. The van der Waals surface area contributed by atoms with E-state index in [1.807, 2.05) is 47.4 Å². The van der Waals surface area contributed by atoms with E-state index in [9.17, 15) is 9.59 Å². The first-order valence-corrected chi connectivity index (χ1v) is 8.94. The van der Waals surface area contributed by atoms with Crippen molar-refractivity contribution in [1.29, 1.82) is 0 Å². The average Bonchev–Trinajstić information content (AvgIpc) is 3.29. The molecule has 4 rings (SSSR count). The number of benzene rings is 2. The van der Waals surface area contributed by atoms with Crippen molar-refractivity contribution in [2.45, 2.75) is 25.3 Å². The van der Waals surface area contributed by atoms with Crippen LogP contribution in [-0.4, -0.2) is 39.0 Å². The predicted molar refractivity (Wildman–Crippen MR) is 100 cm³/mol. The van der Waals surface area contributed by atoms with E-state index in [2.05, 4.69) is 5.10 Å². The summed E-state index contributed by atoms with van der Waals surface area (Å²) < 4.78 is 1.63. The summed E-state index contributed by atoms with van der Waals surface area (Å²) in [6, 6.07) is 13.7. The minimum Gasteiger partial charge on any atom is -0.335 e. The lowest BCUT2D eigenvalue weighted by Crippen LogP contribution is -2.37. The maximum atomic E-state index is 13.2. The van der Waals surface area contributed by atoms with E-state index in [1.165, 1.54) is 0 Å². The fourth-order valence-electron chi connectivity index (χ4n) is 3.78. The number of fused-ring (bicyclic) bond motifs is 1. The summed E-state index contributed by atoms with van der Waals surface area (Å²) in [5.74, 6) is 0.0593. The zero-order valence-electron chi connectivity index (χ0n) is 14.8. The lowest BCUT2D eigenvalue weighted by atomic mass is 10.0. The zero-order valence-corrected chi connectivity index (χ0v) is 14.8. The van der Waals surface area contributed by atoms with E-state index < -0.39 is 0 Å². The van der Waals surface area contributed by atoms with Gasteiger partial charge < -0.3 is 4.90 Å². The molecule has 1 aliphatic heterocycles. The number of carbonyl (C=O) groups is 2. The van der Waals surface area contributed by atoms with Gasteiger partial charge in [-0.15, -0.1) is 0 Å². The summed E-state index contributed by atoms with van der Waals surface area (Å²) in [6.07, 6.45) is 5.47. The Morgan fingerprint density at radius 3 is 2.77 bits per heavy atom. The van der Waals surface area contributed by atoms with E-state index in [1.54, 1.807) is 24.1 Å². The normalized spacial score (nSPS) is 17.0. The molecule has 1 amide bonds. The first-order valence-electron chi connectivity index (χ1n) is 8.94. The van der Waals surface area contributed by atoms with Crippen LogP contribution >= 0.6 is 0 Å². The van der Waals surface area contributed by atoms with Crippen LogP contribution in [-0.2, 0) is 7.05 Å². The second kappa shape index (κ2) is 6.75. The highest BCUT2D eigenvalue weighted by atomic mass is 16.2. The van der Waals surface area contributed by atoms with Crippen LogP contribution in [0.3, 0.4) is 0 Å². The van der Waals surface area contributed by atoms with Crippen LogP contribution in [0.4, 0.5) is 0 Å². The van der Waals surface area contributed by atoms with Gasteiger partial charge in [-0.05, 0) is 29.7 Å². The predicted octanol–water partition coefficient (Wildman–Crippen LogP) is 3.45. The molecule has 3 aromatic rings. The Kier molecular flexibility index (Phi) is 4.29. The molecule has 26 heavy (non-hydrogen) atoms. The third kappa shape index (κ3) is 3.01. The standard InChI is InChI=1S/C21H21N3O2/c1-23-14-16(13-22-23)20(25)12-17-8-5-11-24(17)21(26)19-10-4-7-15-6-2-3-9-18(15)19/h2-4,6-7,9-10,13-14,17H,5,8,11-12H2,1H3. The molecular formula is C21H21N3O2. The topological polar surface area (TPSA) is 55.2 Å². The molecule has 132 valence electrons. The van der Waals surface area contributed by atoms with Crippen molar-refractivity contribution in [2.24, 2.45) is 7.05 Å². The Hall–Kier alpha value is -2.95. The molecule has 1 aliphatic rings. The summed E-state index contributed by atoms with van der Waals surface area (Å²) in [5, 5.41) is 6.08. The first-order chi connectivity index (χ1) is 12.6. The van der Waals surface area contributed by atoms with Crippen molar-refractivity contribution in [3.05, 3.63) is 66.0 Å². The van der Waals surface area contributed by atoms with Gasteiger partial charge in [-0.3, -0.25) is 14.3 Å². The number of hydrogen-bond acceptors (Lipinski definition) is 3. The molecule has 2 aromatic carbocycles. The van der Waals surface area contributed by atoms with Crippen molar-refractivity contribution in [2.75, 3.05) is 6.54 Å². The van der Waals surface area contributed by atoms with Gasteiger partial charge >= 0.3 is 0 Å². The van der Waals surface area contributed by atoms with Crippen LogP contribution in [0.15, 0.2) is 54.9 Å². The van der Waals surface area contributed by atoms with E-state index >= 15 is 0 Å². The van der Waals surface area contributed by atoms with Crippen LogP contribution in [0.1, 0.15) is 40.0 Å². The average molecular weight is 347 g/mol. The zero-order chi connectivity index (χ0) is 18.1. The SMILES string of the molecule is Cn1cc(C(=O)CC2CCCN2C(=O)c2cccc3ccccc23)cn1. The molecule has 1 saturated heterocycles. The summed E-state index contributed by atoms with van der Waals surface area (Å²) in [4.78, 5) is 27.6. The number of nitrogens with zero attached hydrogens (tertiary/aromatic N) is 3. The number of aromatic nitrogens is 2. The lowest BCUT2D eigenvalue weighted by molar-refractivity contribution is 0.0719. The van der Waals surface area contributed by atoms with Gasteiger partial charge in [0.15, 0.2) is 5.78 Å². The molecule has 1 aromatic heterocycles. The van der Waals surface area contributed by atoms with Gasteiger partial charge in [0.05, 0.1) is 11.8 Å². The number of aryl methyl sites for hydroxylation is 1. The van der Waals surface area contributed by atoms with Crippen molar-refractivity contribution in [3.63, 3.8) is 0 Å². The molecule has 1 unspecified atom stereocenters. The number of amides is 1. The number of likely N-dealkylation sites (tertiary alicyclic amines) is 1. The molecule has 5 nitrogen and oxygen atoms in total. The van der Waals surface area contributed by atoms with Gasteiger partial charge in [-0.1, -0.05) is 36.4 Å². The van der Waals surface area contributed by atoms with Gasteiger partial charge in [0, 0.05) is 37.8 Å². The Morgan fingerprint density at radius 1 is 1.15 bits per heavy atom. The van der Waals surface area contributed by atoms with Gasteiger partial charge in [0.25, 0.3) is 5.91 Å². The van der Waals surface area contributed by atoms with Crippen LogP contribution in [0.5, 0.6) is 0 Å². The molecule has 1 atom stereocenters. The van der Waals surface area contributed by atoms with Crippen molar-refractivity contribution in [3.8, 4) is 0 Å². The van der Waals surface area contributed by atoms with Crippen LogP contribution in [0.2, 0.25) is 0 Å². The fraction of sp³-hybridized carbons (Fsp3) is 0.286. The maximum Gasteiger partial charge on any atom is 0.254 e. The van der Waals surface area contributed by atoms with E-state index in [4.69, 9.17) is 0 Å². The van der Waals surface area contributed by atoms with E-state index in [0.29, 0.717) is 24.1 Å². The molecule has 0 radical (unpaired) electrons. The Balaban J connectivity index is 1.57. The van der Waals surface area contributed by atoms with Gasteiger partial charge in [-0.25, -0.2) is 0 Å². The second-order valence-corrected chi connectivity index (χ2v) is 6.85. The maximum absolute atomic E-state index is 13.2.